The normalized spacial score (nSPS) is 10.2. The summed E-state index contributed by atoms with van der Waals surface area (Å²) in [6, 6.07) is 0. The van der Waals surface area contributed by atoms with Crippen LogP contribution in [-0.4, -0.2) is 11.6 Å². The van der Waals surface area contributed by atoms with Crippen molar-refractivity contribution < 1.29 is 9.15 Å². The smallest absolute Gasteiger partial charge is 0.220 e. The van der Waals surface area contributed by atoms with Crippen molar-refractivity contribution >= 4 is 0 Å². The third kappa shape index (κ3) is 2.88. The molecule has 1 aromatic rings. The van der Waals surface area contributed by atoms with E-state index in [1.54, 1.807) is 6.20 Å². The molecule has 3 heteroatoms. The van der Waals surface area contributed by atoms with Crippen molar-refractivity contribution in [1.29, 1.82) is 0 Å². The Balaban J connectivity index is 2.29. The van der Waals surface area contributed by atoms with Gasteiger partial charge in [-0.3, -0.25) is 0 Å². The predicted molar refractivity (Wildman–Crippen MR) is 45.7 cm³/mol. The van der Waals surface area contributed by atoms with Crippen molar-refractivity contribution in [3.05, 3.63) is 30.0 Å². The first kappa shape index (κ1) is 9.00. The van der Waals surface area contributed by atoms with Crippen LogP contribution in [0.3, 0.4) is 0 Å². The number of nitrogens with zero attached hydrogens (tertiary/aromatic N) is 1. The molecule has 0 spiro atoms. The largest absolute Gasteiger partial charge is 0.443 e. The SMILES string of the molecule is C=C(C)COCc1ncc(C)o1. The second-order valence-electron chi connectivity index (χ2n) is 2.81. The highest BCUT2D eigenvalue weighted by Crippen LogP contribution is 2.03. The summed E-state index contributed by atoms with van der Waals surface area (Å²) < 4.78 is 10.4. The predicted octanol–water partition coefficient (Wildman–Crippen LogP) is 2.08. The minimum absolute atomic E-state index is 0.417. The Morgan fingerprint density at radius 1 is 1.75 bits per heavy atom. The number of aryl methyl sites for hydroxylation is 1. The van der Waals surface area contributed by atoms with E-state index < -0.39 is 0 Å². The maximum Gasteiger partial charge on any atom is 0.220 e. The van der Waals surface area contributed by atoms with E-state index in [4.69, 9.17) is 9.15 Å². The molecular weight excluding hydrogens is 154 g/mol. The van der Waals surface area contributed by atoms with Gasteiger partial charge in [-0.25, -0.2) is 4.98 Å². The van der Waals surface area contributed by atoms with Crippen LogP contribution in [0.5, 0.6) is 0 Å². The average molecular weight is 167 g/mol. The third-order valence-electron chi connectivity index (χ3n) is 1.24. The van der Waals surface area contributed by atoms with E-state index in [9.17, 15) is 0 Å². The van der Waals surface area contributed by atoms with Crippen LogP contribution in [-0.2, 0) is 11.3 Å². The fourth-order valence-corrected chi connectivity index (χ4v) is 0.781. The third-order valence-corrected chi connectivity index (χ3v) is 1.24. The molecule has 0 bridgehead atoms. The van der Waals surface area contributed by atoms with E-state index in [0.717, 1.165) is 11.3 Å². The molecule has 0 aliphatic heterocycles. The highest BCUT2D eigenvalue weighted by atomic mass is 16.5. The van der Waals surface area contributed by atoms with Gasteiger partial charge in [-0.15, -0.1) is 0 Å². The summed E-state index contributed by atoms with van der Waals surface area (Å²) in [6.07, 6.45) is 1.68. The second-order valence-corrected chi connectivity index (χ2v) is 2.81. The quantitative estimate of drug-likeness (QED) is 0.644. The molecule has 0 saturated heterocycles. The summed E-state index contributed by atoms with van der Waals surface area (Å²) in [6.45, 7) is 8.46. The van der Waals surface area contributed by atoms with Crippen LogP contribution in [0.1, 0.15) is 18.6 Å². The Labute approximate surface area is 72.1 Å². The lowest BCUT2D eigenvalue weighted by atomic mass is 10.4. The highest BCUT2D eigenvalue weighted by Gasteiger charge is 1.99. The van der Waals surface area contributed by atoms with Crippen LogP contribution in [0.25, 0.3) is 0 Å². The van der Waals surface area contributed by atoms with Gasteiger partial charge in [0.05, 0.1) is 12.8 Å². The van der Waals surface area contributed by atoms with Crippen molar-refractivity contribution in [3.8, 4) is 0 Å². The van der Waals surface area contributed by atoms with Gasteiger partial charge in [-0.2, -0.15) is 0 Å². The highest BCUT2D eigenvalue weighted by molar-refractivity contribution is 4.90. The minimum Gasteiger partial charge on any atom is -0.443 e. The molecule has 0 N–H and O–H groups in total. The van der Waals surface area contributed by atoms with E-state index >= 15 is 0 Å². The molecule has 0 aliphatic carbocycles. The molecule has 1 heterocycles. The number of hydrogen-bond donors (Lipinski definition) is 0. The van der Waals surface area contributed by atoms with Gasteiger partial charge in [-0.05, 0) is 13.8 Å². The molecule has 1 rings (SSSR count). The molecular formula is C9H13NO2. The summed E-state index contributed by atoms with van der Waals surface area (Å²) in [5, 5.41) is 0. The molecule has 3 nitrogen and oxygen atoms in total. The van der Waals surface area contributed by atoms with Crippen molar-refractivity contribution in [2.45, 2.75) is 20.5 Å². The Bertz CT molecular complexity index is 265. The maximum atomic E-state index is 5.24. The maximum absolute atomic E-state index is 5.24. The molecule has 0 aliphatic rings. The number of aromatic nitrogens is 1. The van der Waals surface area contributed by atoms with E-state index in [1.165, 1.54) is 0 Å². The zero-order valence-corrected chi connectivity index (χ0v) is 7.46. The first-order valence-electron chi connectivity index (χ1n) is 3.82. The van der Waals surface area contributed by atoms with Gasteiger partial charge in [0.2, 0.25) is 5.89 Å². The second kappa shape index (κ2) is 4.07. The van der Waals surface area contributed by atoms with E-state index in [2.05, 4.69) is 11.6 Å². The molecule has 0 radical (unpaired) electrons. The number of rotatable bonds is 4. The van der Waals surface area contributed by atoms with Crippen LogP contribution in [0.15, 0.2) is 22.8 Å². The fourth-order valence-electron chi connectivity index (χ4n) is 0.781. The van der Waals surface area contributed by atoms with E-state index in [1.807, 2.05) is 13.8 Å². The van der Waals surface area contributed by atoms with Gasteiger partial charge < -0.3 is 9.15 Å². The lowest BCUT2D eigenvalue weighted by Crippen LogP contribution is -1.95. The zero-order valence-electron chi connectivity index (χ0n) is 7.46. The standard InChI is InChI=1S/C9H13NO2/c1-7(2)5-11-6-9-10-4-8(3)12-9/h4H,1,5-6H2,2-3H3. The van der Waals surface area contributed by atoms with Crippen molar-refractivity contribution in [2.24, 2.45) is 0 Å². The van der Waals surface area contributed by atoms with E-state index in [0.29, 0.717) is 19.1 Å². The van der Waals surface area contributed by atoms with E-state index in [-0.39, 0.29) is 0 Å². The summed E-state index contributed by atoms with van der Waals surface area (Å²) >= 11 is 0. The van der Waals surface area contributed by atoms with Crippen LogP contribution >= 0.6 is 0 Å². The molecule has 0 atom stereocenters. The number of hydrogen-bond acceptors (Lipinski definition) is 3. The lowest BCUT2D eigenvalue weighted by Gasteiger charge is -1.98. The fraction of sp³-hybridized carbons (Fsp3) is 0.444. The lowest BCUT2D eigenvalue weighted by molar-refractivity contribution is 0.121. The molecule has 66 valence electrons. The topological polar surface area (TPSA) is 35.3 Å². The zero-order chi connectivity index (χ0) is 8.97. The first-order chi connectivity index (χ1) is 5.68. The first-order valence-corrected chi connectivity index (χ1v) is 3.82. The van der Waals surface area contributed by atoms with Crippen LogP contribution in [0.2, 0.25) is 0 Å². The monoisotopic (exact) mass is 167 g/mol. The Morgan fingerprint density at radius 3 is 3.00 bits per heavy atom. The van der Waals surface area contributed by atoms with Gasteiger partial charge in [0.25, 0.3) is 0 Å². The summed E-state index contributed by atoms with van der Waals surface area (Å²) in [5.41, 5.74) is 0.998. The number of ether oxygens (including phenoxy) is 1. The molecule has 0 saturated carbocycles. The van der Waals surface area contributed by atoms with Crippen LogP contribution in [0.4, 0.5) is 0 Å². The van der Waals surface area contributed by atoms with Gasteiger partial charge in [0, 0.05) is 0 Å². The average Bonchev–Trinajstić information content (AvgIpc) is 2.35. The van der Waals surface area contributed by atoms with Crippen molar-refractivity contribution in [2.75, 3.05) is 6.61 Å². The van der Waals surface area contributed by atoms with Crippen LogP contribution < -0.4 is 0 Å². The van der Waals surface area contributed by atoms with Crippen molar-refractivity contribution in [1.82, 2.24) is 4.98 Å². The van der Waals surface area contributed by atoms with Gasteiger partial charge in [0.1, 0.15) is 12.4 Å². The summed E-state index contributed by atoms with van der Waals surface area (Å²) in [5.74, 6) is 1.43. The van der Waals surface area contributed by atoms with Crippen LogP contribution in [0, 0.1) is 6.92 Å². The van der Waals surface area contributed by atoms with Gasteiger partial charge >= 0.3 is 0 Å². The number of oxazole rings is 1. The molecule has 0 aromatic carbocycles. The summed E-state index contributed by atoms with van der Waals surface area (Å²) in [4.78, 5) is 3.99. The Hall–Kier alpha value is -1.09. The molecule has 0 fully saturated rings. The molecule has 0 amide bonds. The molecule has 12 heavy (non-hydrogen) atoms. The summed E-state index contributed by atoms with van der Waals surface area (Å²) in [7, 11) is 0. The van der Waals surface area contributed by atoms with Gasteiger partial charge in [-0.1, -0.05) is 12.2 Å². The Morgan fingerprint density at radius 2 is 2.50 bits per heavy atom. The van der Waals surface area contributed by atoms with Gasteiger partial charge in [0.15, 0.2) is 0 Å². The Kier molecular flexibility index (Phi) is 3.05. The minimum atomic E-state index is 0.417. The van der Waals surface area contributed by atoms with Crippen molar-refractivity contribution in [3.63, 3.8) is 0 Å². The molecule has 1 aromatic heterocycles. The molecule has 0 unspecified atom stereocenters.